The normalized spacial score (nSPS) is 11.1. The van der Waals surface area contributed by atoms with E-state index < -0.39 is 0 Å². The van der Waals surface area contributed by atoms with Gasteiger partial charge in [-0.25, -0.2) is 0 Å². The summed E-state index contributed by atoms with van der Waals surface area (Å²) in [4.78, 5) is 2.40. The molecule has 0 fully saturated rings. The van der Waals surface area contributed by atoms with Crippen LogP contribution < -0.4 is 4.74 Å². The average Bonchev–Trinajstić information content (AvgIpc) is 3.05. The quantitative estimate of drug-likeness (QED) is 0.727. The Morgan fingerprint density at radius 1 is 1.17 bits per heavy atom. The Balaban J connectivity index is 1.75. The molecule has 0 aliphatic heterocycles. The highest BCUT2D eigenvalue weighted by atomic mass is 16.5. The van der Waals surface area contributed by atoms with Crippen molar-refractivity contribution < 1.29 is 9.84 Å². The molecule has 0 unspecified atom stereocenters. The number of aliphatic hydroxyl groups excluding tert-OH is 1. The van der Waals surface area contributed by atoms with Gasteiger partial charge in [-0.3, -0.25) is 4.68 Å². The summed E-state index contributed by atoms with van der Waals surface area (Å²) in [6.45, 7) is 8.92. The van der Waals surface area contributed by atoms with Crippen LogP contribution in [0.15, 0.2) is 30.5 Å². The van der Waals surface area contributed by atoms with Crippen molar-refractivity contribution in [3.05, 3.63) is 41.7 Å². The lowest BCUT2D eigenvalue weighted by atomic mass is 10.2. The highest BCUT2D eigenvalue weighted by Crippen LogP contribution is 2.13. The van der Waals surface area contributed by atoms with E-state index in [0.29, 0.717) is 6.61 Å². The number of aryl methyl sites for hydroxylation is 1. The van der Waals surface area contributed by atoms with Crippen LogP contribution in [0.2, 0.25) is 0 Å². The van der Waals surface area contributed by atoms with Gasteiger partial charge in [-0.05, 0) is 43.8 Å². The van der Waals surface area contributed by atoms with Crippen LogP contribution in [-0.2, 0) is 19.8 Å². The summed E-state index contributed by atoms with van der Waals surface area (Å²) in [7, 11) is 0. The fraction of sp³-hybridized carbons (Fsp3) is 0.529. The van der Waals surface area contributed by atoms with Crippen molar-refractivity contribution >= 4 is 0 Å². The first-order valence-corrected chi connectivity index (χ1v) is 8.19. The summed E-state index contributed by atoms with van der Waals surface area (Å²) in [5.74, 6) is 0.762. The molecule has 23 heavy (non-hydrogen) atoms. The van der Waals surface area contributed by atoms with Crippen LogP contribution >= 0.6 is 0 Å². The van der Waals surface area contributed by atoms with E-state index in [9.17, 15) is 0 Å². The van der Waals surface area contributed by atoms with Gasteiger partial charge in [0.2, 0.25) is 0 Å². The van der Waals surface area contributed by atoms with Crippen molar-refractivity contribution in [1.82, 2.24) is 19.9 Å². The molecule has 1 aromatic heterocycles. The first-order chi connectivity index (χ1) is 11.2. The Hall–Kier alpha value is -1.92. The van der Waals surface area contributed by atoms with Crippen molar-refractivity contribution in [2.45, 2.75) is 40.0 Å². The first kappa shape index (κ1) is 17.4. The van der Waals surface area contributed by atoms with E-state index in [1.165, 1.54) is 0 Å². The van der Waals surface area contributed by atoms with Gasteiger partial charge in [-0.2, -0.15) is 0 Å². The third-order valence-electron chi connectivity index (χ3n) is 3.83. The lowest BCUT2D eigenvalue weighted by molar-refractivity contribution is 0.280. The zero-order valence-electron chi connectivity index (χ0n) is 14.0. The van der Waals surface area contributed by atoms with E-state index in [1.807, 2.05) is 35.1 Å². The molecule has 0 aliphatic rings. The highest BCUT2D eigenvalue weighted by Gasteiger charge is 2.04. The molecule has 6 heteroatoms. The average molecular weight is 318 g/mol. The van der Waals surface area contributed by atoms with Gasteiger partial charge in [0.15, 0.2) is 0 Å². The molecule has 0 atom stereocenters. The Kier molecular flexibility index (Phi) is 7.03. The summed E-state index contributed by atoms with van der Waals surface area (Å²) >= 11 is 0. The number of rotatable bonds is 10. The predicted molar refractivity (Wildman–Crippen MR) is 89.1 cm³/mol. The second-order valence-electron chi connectivity index (χ2n) is 5.44. The largest absolute Gasteiger partial charge is 0.487 e. The van der Waals surface area contributed by atoms with E-state index in [1.54, 1.807) is 0 Å². The smallest absolute Gasteiger partial charge is 0.134 e. The van der Waals surface area contributed by atoms with Crippen LogP contribution in [0, 0.1) is 0 Å². The molecule has 1 aromatic carbocycles. The van der Waals surface area contributed by atoms with E-state index in [4.69, 9.17) is 9.84 Å². The molecule has 0 saturated carbocycles. The maximum absolute atomic E-state index is 9.01. The van der Waals surface area contributed by atoms with E-state index >= 15 is 0 Å². The van der Waals surface area contributed by atoms with Crippen molar-refractivity contribution in [2.75, 3.05) is 19.6 Å². The SMILES string of the molecule is CCN(CC)CCCn1cc(COc2ccc(CO)cc2)nn1. The molecule has 126 valence electrons. The molecular weight excluding hydrogens is 292 g/mol. The summed E-state index contributed by atoms with van der Waals surface area (Å²) in [6.07, 6.45) is 3.00. The molecule has 0 bridgehead atoms. The van der Waals surface area contributed by atoms with Crippen LogP contribution in [0.3, 0.4) is 0 Å². The molecule has 0 spiro atoms. The van der Waals surface area contributed by atoms with Gasteiger partial charge in [0.25, 0.3) is 0 Å². The van der Waals surface area contributed by atoms with Gasteiger partial charge in [-0.1, -0.05) is 31.2 Å². The summed E-state index contributed by atoms with van der Waals surface area (Å²) < 4.78 is 7.55. The fourth-order valence-electron chi connectivity index (χ4n) is 2.36. The third kappa shape index (κ3) is 5.65. The number of hydrogen-bond donors (Lipinski definition) is 1. The van der Waals surface area contributed by atoms with Crippen molar-refractivity contribution in [3.8, 4) is 5.75 Å². The zero-order valence-corrected chi connectivity index (χ0v) is 14.0. The summed E-state index contributed by atoms with van der Waals surface area (Å²) in [5.41, 5.74) is 1.69. The Morgan fingerprint density at radius 3 is 2.57 bits per heavy atom. The standard InChI is InChI=1S/C17H26N4O2/c1-3-20(4-2)10-5-11-21-12-16(18-19-21)14-23-17-8-6-15(13-22)7-9-17/h6-9,12,22H,3-5,10-11,13-14H2,1-2H3. The summed E-state index contributed by atoms with van der Waals surface area (Å²) in [5, 5.41) is 17.3. The van der Waals surface area contributed by atoms with Crippen LogP contribution in [-0.4, -0.2) is 44.6 Å². The number of hydrogen-bond acceptors (Lipinski definition) is 5. The summed E-state index contributed by atoms with van der Waals surface area (Å²) in [6, 6.07) is 7.39. The second kappa shape index (κ2) is 9.27. The van der Waals surface area contributed by atoms with Crippen molar-refractivity contribution in [2.24, 2.45) is 0 Å². The van der Waals surface area contributed by atoms with E-state index in [2.05, 4.69) is 29.1 Å². The Morgan fingerprint density at radius 2 is 1.91 bits per heavy atom. The molecule has 6 nitrogen and oxygen atoms in total. The van der Waals surface area contributed by atoms with Crippen molar-refractivity contribution in [3.63, 3.8) is 0 Å². The maximum atomic E-state index is 9.01. The lowest BCUT2D eigenvalue weighted by Gasteiger charge is -2.17. The maximum Gasteiger partial charge on any atom is 0.134 e. The molecule has 2 aromatic rings. The Labute approximate surface area is 137 Å². The number of aromatic nitrogens is 3. The van der Waals surface area contributed by atoms with Gasteiger partial charge < -0.3 is 14.7 Å². The minimum Gasteiger partial charge on any atom is -0.487 e. The third-order valence-corrected chi connectivity index (χ3v) is 3.83. The molecule has 2 rings (SSSR count). The molecule has 1 heterocycles. The predicted octanol–water partition coefficient (Wildman–Crippen LogP) is 2.08. The van der Waals surface area contributed by atoms with Crippen LogP contribution in [0.25, 0.3) is 0 Å². The fourth-order valence-corrected chi connectivity index (χ4v) is 2.36. The van der Waals surface area contributed by atoms with Gasteiger partial charge in [-0.15, -0.1) is 5.10 Å². The molecule has 0 saturated heterocycles. The second-order valence-corrected chi connectivity index (χ2v) is 5.44. The van der Waals surface area contributed by atoms with E-state index in [-0.39, 0.29) is 6.61 Å². The molecular formula is C17H26N4O2. The van der Waals surface area contributed by atoms with Gasteiger partial charge in [0.05, 0.1) is 12.8 Å². The zero-order chi connectivity index (χ0) is 16.5. The van der Waals surface area contributed by atoms with Gasteiger partial charge in [0, 0.05) is 6.54 Å². The minimum atomic E-state index is 0.0437. The lowest BCUT2D eigenvalue weighted by Crippen LogP contribution is -2.24. The minimum absolute atomic E-state index is 0.0437. The van der Waals surface area contributed by atoms with E-state index in [0.717, 1.165) is 49.6 Å². The van der Waals surface area contributed by atoms with Crippen LogP contribution in [0.1, 0.15) is 31.5 Å². The molecule has 0 radical (unpaired) electrons. The topological polar surface area (TPSA) is 63.4 Å². The number of benzene rings is 1. The first-order valence-electron chi connectivity index (χ1n) is 8.19. The number of nitrogens with zero attached hydrogens (tertiary/aromatic N) is 4. The van der Waals surface area contributed by atoms with Crippen LogP contribution in [0.4, 0.5) is 0 Å². The highest BCUT2D eigenvalue weighted by molar-refractivity contribution is 5.26. The number of aliphatic hydroxyl groups is 1. The monoisotopic (exact) mass is 318 g/mol. The molecule has 1 N–H and O–H groups in total. The number of ether oxygens (including phenoxy) is 1. The van der Waals surface area contributed by atoms with Crippen LogP contribution in [0.5, 0.6) is 5.75 Å². The van der Waals surface area contributed by atoms with Crippen molar-refractivity contribution in [1.29, 1.82) is 0 Å². The molecule has 0 amide bonds. The van der Waals surface area contributed by atoms with Gasteiger partial charge in [0.1, 0.15) is 18.1 Å². The Bertz CT molecular complexity index is 564. The van der Waals surface area contributed by atoms with Gasteiger partial charge >= 0.3 is 0 Å². The molecule has 0 aliphatic carbocycles.